The molecule has 132 valence electrons. The summed E-state index contributed by atoms with van der Waals surface area (Å²) in [5, 5.41) is 8.43. The standard InChI is InChI=1S/C20H20N4O2/c1-14(25)23-12-4-7-19(23)20(26)22-16-8-10-17(11-9-16)24-18-6-3-2-5-15(18)13-21-24/h2-3,5-6,8-11,13,19H,4,7,12H2,1H3,(H,22,26)/t19-/m0/s1. The first-order valence-electron chi connectivity index (χ1n) is 8.75. The number of hydrogen-bond donors (Lipinski definition) is 1. The maximum atomic E-state index is 12.5. The van der Waals surface area contributed by atoms with Crippen molar-refractivity contribution < 1.29 is 9.59 Å². The molecular weight excluding hydrogens is 328 g/mol. The topological polar surface area (TPSA) is 67.2 Å². The molecule has 1 saturated heterocycles. The van der Waals surface area contributed by atoms with E-state index in [1.165, 1.54) is 6.92 Å². The van der Waals surface area contributed by atoms with Crippen LogP contribution in [0, 0.1) is 0 Å². The molecule has 1 aliphatic rings. The van der Waals surface area contributed by atoms with Gasteiger partial charge in [-0.2, -0.15) is 5.10 Å². The summed E-state index contributed by atoms with van der Waals surface area (Å²) in [6.07, 6.45) is 3.41. The van der Waals surface area contributed by atoms with Crippen LogP contribution in [0.1, 0.15) is 19.8 Å². The van der Waals surface area contributed by atoms with Crippen molar-refractivity contribution in [2.24, 2.45) is 0 Å². The molecule has 6 nitrogen and oxygen atoms in total. The van der Waals surface area contributed by atoms with Crippen molar-refractivity contribution in [1.82, 2.24) is 14.7 Å². The highest BCUT2D eigenvalue weighted by atomic mass is 16.2. The van der Waals surface area contributed by atoms with Gasteiger partial charge in [-0.05, 0) is 43.2 Å². The van der Waals surface area contributed by atoms with Crippen LogP contribution in [0.4, 0.5) is 5.69 Å². The fraction of sp³-hybridized carbons (Fsp3) is 0.250. The molecule has 0 unspecified atom stereocenters. The lowest BCUT2D eigenvalue weighted by molar-refractivity contribution is -0.134. The molecule has 3 aromatic rings. The van der Waals surface area contributed by atoms with Gasteiger partial charge in [0.25, 0.3) is 0 Å². The molecule has 0 spiro atoms. The molecule has 0 aliphatic carbocycles. The molecule has 2 aromatic carbocycles. The smallest absolute Gasteiger partial charge is 0.247 e. The number of likely N-dealkylation sites (tertiary alicyclic amines) is 1. The van der Waals surface area contributed by atoms with Gasteiger partial charge in [0.15, 0.2) is 0 Å². The lowest BCUT2D eigenvalue weighted by atomic mass is 10.2. The molecule has 1 fully saturated rings. The van der Waals surface area contributed by atoms with E-state index in [9.17, 15) is 9.59 Å². The molecule has 2 amide bonds. The van der Waals surface area contributed by atoms with Crippen LogP contribution in [0.5, 0.6) is 0 Å². The molecule has 1 atom stereocenters. The number of benzene rings is 2. The summed E-state index contributed by atoms with van der Waals surface area (Å²) in [6, 6.07) is 15.2. The number of aromatic nitrogens is 2. The molecule has 4 rings (SSSR count). The minimum atomic E-state index is -0.373. The van der Waals surface area contributed by atoms with Gasteiger partial charge in [-0.1, -0.05) is 18.2 Å². The minimum Gasteiger partial charge on any atom is -0.331 e. The van der Waals surface area contributed by atoms with E-state index in [1.807, 2.05) is 59.4 Å². The molecular formula is C20H20N4O2. The Balaban J connectivity index is 1.51. The Morgan fingerprint density at radius 2 is 1.88 bits per heavy atom. The number of nitrogens with zero attached hydrogens (tertiary/aromatic N) is 3. The van der Waals surface area contributed by atoms with Crippen LogP contribution in [0.3, 0.4) is 0 Å². The molecule has 26 heavy (non-hydrogen) atoms. The van der Waals surface area contributed by atoms with Crippen LogP contribution in [-0.4, -0.2) is 39.1 Å². The fourth-order valence-electron chi connectivity index (χ4n) is 3.51. The van der Waals surface area contributed by atoms with Gasteiger partial charge in [-0.15, -0.1) is 0 Å². The molecule has 1 aromatic heterocycles. The largest absolute Gasteiger partial charge is 0.331 e. The lowest BCUT2D eigenvalue weighted by Crippen LogP contribution is -2.42. The Morgan fingerprint density at radius 1 is 1.12 bits per heavy atom. The van der Waals surface area contributed by atoms with Gasteiger partial charge >= 0.3 is 0 Å². The second kappa shape index (κ2) is 6.63. The predicted molar refractivity (Wildman–Crippen MR) is 100 cm³/mol. The van der Waals surface area contributed by atoms with Gasteiger partial charge in [0, 0.05) is 24.5 Å². The Morgan fingerprint density at radius 3 is 2.65 bits per heavy atom. The zero-order valence-electron chi connectivity index (χ0n) is 14.6. The van der Waals surface area contributed by atoms with E-state index in [-0.39, 0.29) is 17.9 Å². The van der Waals surface area contributed by atoms with Crippen molar-refractivity contribution in [3.63, 3.8) is 0 Å². The number of nitrogens with one attached hydrogen (secondary N) is 1. The molecule has 0 saturated carbocycles. The fourth-order valence-corrected chi connectivity index (χ4v) is 3.51. The molecule has 0 radical (unpaired) electrons. The van der Waals surface area contributed by atoms with Crippen molar-refractivity contribution in [2.45, 2.75) is 25.8 Å². The van der Waals surface area contributed by atoms with Crippen molar-refractivity contribution in [1.29, 1.82) is 0 Å². The van der Waals surface area contributed by atoms with Gasteiger partial charge in [0.1, 0.15) is 6.04 Å². The van der Waals surface area contributed by atoms with Crippen LogP contribution in [0.2, 0.25) is 0 Å². The first-order chi connectivity index (χ1) is 12.6. The summed E-state index contributed by atoms with van der Waals surface area (Å²) in [7, 11) is 0. The second-order valence-electron chi connectivity index (χ2n) is 6.52. The highest BCUT2D eigenvalue weighted by molar-refractivity contribution is 5.97. The van der Waals surface area contributed by atoms with Gasteiger partial charge in [0.05, 0.1) is 17.4 Å². The highest BCUT2D eigenvalue weighted by Crippen LogP contribution is 2.22. The van der Waals surface area contributed by atoms with E-state index >= 15 is 0 Å². The van der Waals surface area contributed by atoms with E-state index in [2.05, 4.69) is 10.4 Å². The number of fused-ring (bicyclic) bond motifs is 1. The molecule has 1 aliphatic heterocycles. The number of para-hydroxylation sites is 1. The van der Waals surface area contributed by atoms with Gasteiger partial charge in [0.2, 0.25) is 11.8 Å². The Kier molecular flexibility index (Phi) is 4.16. The Hall–Kier alpha value is -3.15. The van der Waals surface area contributed by atoms with Crippen LogP contribution in [0.25, 0.3) is 16.6 Å². The van der Waals surface area contributed by atoms with Gasteiger partial charge < -0.3 is 10.2 Å². The van der Waals surface area contributed by atoms with E-state index in [1.54, 1.807) is 4.90 Å². The number of carbonyl (C=O) groups is 2. The van der Waals surface area contributed by atoms with Gasteiger partial charge in [-0.25, -0.2) is 4.68 Å². The zero-order chi connectivity index (χ0) is 18.1. The van der Waals surface area contributed by atoms with Crippen LogP contribution < -0.4 is 5.32 Å². The number of amides is 2. The van der Waals surface area contributed by atoms with Crippen LogP contribution in [0.15, 0.2) is 54.7 Å². The quantitative estimate of drug-likeness (QED) is 0.791. The third kappa shape index (κ3) is 2.94. The van der Waals surface area contributed by atoms with Crippen LogP contribution >= 0.6 is 0 Å². The molecule has 0 bridgehead atoms. The first-order valence-corrected chi connectivity index (χ1v) is 8.75. The average Bonchev–Trinajstić information content (AvgIpc) is 3.30. The number of carbonyl (C=O) groups excluding carboxylic acids is 2. The van der Waals surface area contributed by atoms with E-state index in [0.717, 1.165) is 23.0 Å². The number of anilines is 1. The normalized spacial score (nSPS) is 16.8. The average molecular weight is 348 g/mol. The minimum absolute atomic E-state index is 0.0523. The van der Waals surface area contributed by atoms with E-state index in [0.29, 0.717) is 18.7 Å². The second-order valence-corrected chi connectivity index (χ2v) is 6.52. The third-order valence-corrected chi connectivity index (χ3v) is 4.82. The highest BCUT2D eigenvalue weighted by Gasteiger charge is 2.32. The Bertz CT molecular complexity index is 961. The predicted octanol–water partition coefficient (Wildman–Crippen LogP) is 2.97. The summed E-state index contributed by atoms with van der Waals surface area (Å²) in [5.74, 6) is -0.182. The van der Waals surface area contributed by atoms with Gasteiger partial charge in [-0.3, -0.25) is 9.59 Å². The first kappa shape index (κ1) is 16.3. The van der Waals surface area contributed by atoms with E-state index < -0.39 is 0 Å². The van der Waals surface area contributed by atoms with Crippen LogP contribution in [-0.2, 0) is 9.59 Å². The maximum absolute atomic E-state index is 12.5. The number of rotatable bonds is 3. The molecule has 1 N–H and O–H groups in total. The number of hydrogen-bond acceptors (Lipinski definition) is 3. The van der Waals surface area contributed by atoms with E-state index in [4.69, 9.17) is 0 Å². The summed E-state index contributed by atoms with van der Waals surface area (Å²) in [6.45, 7) is 2.16. The molecule has 6 heteroatoms. The summed E-state index contributed by atoms with van der Waals surface area (Å²) >= 11 is 0. The van der Waals surface area contributed by atoms with Crippen molar-refractivity contribution in [3.05, 3.63) is 54.7 Å². The monoisotopic (exact) mass is 348 g/mol. The SMILES string of the molecule is CC(=O)N1CCC[C@H]1C(=O)Nc1ccc(-n2ncc3ccccc32)cc1. The summed E-state index contributed by atoms with van der Waals surface area (Å²) < 4.78 is 1.87. The zero-order valence-corrected chi connectivity index (χ0v) is 14.6. The maximum Gasteiger partial charge on any atom is 0.247 e. The lowest BCUT2D eigenvalue weighted by Gasteiger charge is -2.22. The summed E-state index contributed by atoms with van der Waals surface area (Å²) in [4.78, 5) is 25.8. The third-order valence-electron chi connectivity index (χ3n) is 4.82. The molecule has 2 heterocycles. The van der Waals surface area contributed by atoms with Crippen molar-refractivity contribution in [3.8, 4) is 5.69 Å². The summed E-state index contributed by atoms with van der Waals surface area (Å²) in [5.41, 5.74) is 2.67. The Labute approximate surface area is 151 Å². The van der Waals surface area contributed by atoms with Crippen molar-refractivity contribution >= 4 is 28.4 Å². The van der Waals surface area contributed by atoms with Crippen molar-refractivity contribution in [2.75, 3.05) is 11.9 Å².